The largest absolute Gasteiger partial charge is 0.342 e. The number of carbonyl (C=O) groups excluding carboxylic acids is 2. The van der Waals surface area contributed by atoms with Crippen LogP contribution in [0.3, 0.4) is 0 Å². The summed E-state index contributed by atoms with van der Waals surface area (Å²) in [6.45, 7) is 2.13. The Morgan fingerprint density at radius 3 is 2.70 bits per heavy atom. The van der Waals surface area contributed by atoms with Crippen LogP contribution in [0.1, 0.15) is 19.3 Å². The normalized spacial score (nSPS) is 22.6. The van der Waals surface area contributed by atoms with Gasteiger partial charge in [-0.15, -0.1) is 0 Å². The second-order valence-electron chi connectivity index (χ2n) is 5.42. The molecule has 2 heterocycles. The standard InChI is InChI=1S/C15H17ClN2O2/c16-12-4-3-5-13(9-12)18-10-11(8-14(18)19)15(20)17-6-1-2-7-17/h3-5,9,11H,1-2,6-8,10H2. The summed E-state index contributed by atoms with van der Waals surface area (Å²) < 4.78 is 0. The molecule has 2 amide bonds. The van der Waals surface area contributed by atoms with Crippen LogP contribution in [0, 0.1) is 5.92 Å². The number of benzene rings is 1. The number of rotatable bonds is 2. The second kappa shape index (κ2) is 5.44. The number of carbonyl (C=O) groups is 2. The number of likely N-dealkylation sites (tertiary alicyclic amines) is 1. The molecule has 1 atom stereocenters. The third-order valence-corrected chi connectivity index (χ3v) is 4.25. The van der Waals surface area contributed by atoms with Gasteiger partial charge in [0.05, 0.1) is 5.92 Å². The van der Waals surface area contributed by atoms with Gasteiger partial charge in [0.1, 0.15) is 0 Å². The molecule has 2 fully saturated rings. The monoisotopic (exact) mass is 292 g/mol. The maximum absolute atomic E-state index is 12.4. The third-order valence-electron chi connectivity index (χ3n) is 4.01. The highest BCUT2D eigenvalue weighted by Gasteiger charge is 2.37. The number of anilines is 1. The average Bonchev–Trinajstić information content (AvgIpc) is 3.07. The Morgan fingerprint density at radius 2 is 2.00 bits per heavy atom. The molecular formula is C15H17ClN2O2. The van der Waals surface area contributed by atoms with Crippen molar-refractivity contribution in [1.29, 1.82) is 0 Å². The first-order valence-electron chi connectivity index (χ1n) is 7.00. The van der Waals surface area contributed by atoms with Gasteiger partial charge in [0.15, 0.2) is 0 Å². The van der Waals surface area contributed by atoms with E-state index in [9.17, 15) is 9.59 Å². The first-order valence-corrected chi connectivity index (χ1v) is 7.37. The minimum absolute atomic E-state index is 0.00446. The average molecular weight is 293 g/mol. The summed E-state index contributed by atoms with van der Waals surface area (Å²) in [5.74, 6) is -0.0789. The molecule has 4 nitrogen and oxygen atoms in total. The molecule has 5 heteroatoms. The fourth-order valence-corrected chi connectivity index (χ4v) is 3.15. The summed E-state index contributed by atoms with van der Waals surface area (Å²) in [6.07, 6.45) is 2.46. The minimum atomic E-state index is -0.209. The van der Waals surface area contributed by atoms with Crippen molar-refractivity contribution in [3.63, 3.8) is 0 Å². The van der Waals surface area contributed by atoms with Crippen molar-refractivity contribution in [2.45, 2.75) is 19.3 Å². The topological polar surface area (TPSA) is 40.6 Å². The lowest BCUT2D eigenvalue weighted by Gasteiger charge is -2.20. The zero-order valence-corrected chi connectivity index (χ0v) is 12.0. The highest BCUT2D eigenvalue weighted by Crippen LogP contribution is 2.28. The molecule has 106 valence electrons. The Labute approximate surface area is 123 Å². The highest BCUT2D eigenvalue weighted by molar-refractivity contribution is 6.30. The molecule has 2 saturated heterocycles. The molecule has 0 bridgehead atoms. The molecule has 0 radical (unpaired) electrons. The van der Waals surface area contributed by atoms with E-state index in [1.807, 2.05) is 17.0 Å². The second-order valence-corrected chi connectivity index (χ2v) is 5.85. The van der Waals surface area contributed by atoms with Crippen LogP contribution in [0.15, 0.2) is 24.3 Å². The van der Waals surface area contributed by atoms with Gasteiger partial charge in [-0.1, -0.05) is 17.7 Å². The maximum Gasteiger partial charge on any atom is 0.228 e. The van der Waals surface area contributed by atoms with E-state index in [1.54, 1.807) is 17.0 Å². The van der Waals surface area contributed by atoms with E-state index >= 15 is 0 Å². The van der Waals surface area contributed by atoms with Crippen LogP contribution in [-0.4, -0.2) is 36.3 Å². The van der Waals surface area contributed by atoms with Gasteiger partial charge < -0.3 is 9.80 Å². The van der Waals surface area contributed by atoms with Crippen molar-refractivity contribution in [3.8, 4) is 0 Å². The van der Waals surface area contributed by atoms with Crippen molar-refractivity contribution in [3.05, 3.63) is 29.3 Å². The van der Waals surface area contributed by atoms with Crippen LogP contribution in [0.25, 0.3) is 0 Å². The summed E-state index contributed by atoms with van der Waals surface area (Å²) >= 11 is 5.96. The van der Waals surface area contributed by atoms with Crippen molar-refractivity contribution < 1.29 is 9.59 Å². The predicted octanol–water partition coefficient (Wildman–Crippen LogP) is 2.32. The molecule has 0 saturated carbocycles. The van der Waals surface area contributed by atoms with E-state index in [0.717, 1.165) is 31.6 Å². The molecule has 3 rings (SSSR count). The number of halogens is 1. The van der Waals surface area contributed by atoms with E-state index in [4.69, 9.17) is 11.6 Å². The summed E-state index contributed by atoms with van der Waals surface area (Å²) in [5, 5.41) is 0.601. The molecule has 1 aromatic rings. The van der Waals surface area contributed by atoms with E-state index in [1.165, 1.54) is 0 Å². The van der Waals surface area contributed by atoms with Crippen molar-refractivity contribution in [2.24, 2.45) is 5.92 Å². The zero-order valence-electron chi connectivity index (χ0n) is 11.2. The maximum atomic E-state index is 12.4. The Kier molecular flexibility index (Phi) is 3.66. The molecule has 0 aromatic heterocycles. The fourth-order valence-electron chi connectivity index (χ4n) is 2.96. The molecule has 1 unspecified atom stereocenters. The third kappa shape index (κ3) is 2.52. The zero-order chi connectivity index (χ0) is 14.1. The van der Waals surface area contributed by atoms with E-state index in [0.29, 0.717) is 18.0 Å². The molecule has 2 aliphatic rings. The molecule has 2 aliphatic heterocycles. The van der Waals surface area contributed by atoms with Gasteiger partial charge >= 0.3 is 0 Å². The summed E-state index contributed by atoms with van der Waals surface area (Å²) in [7, 11) is 0. The van der Waals surface area contributed by atoms with Gasteiger partial charge in [-0.25, -0.2) is 0 Å². The van der Waals surface area contributed by atoms with Gasteiger partial charge in [0.25, 0.3) is 0 Å². The van der Waals surface area contributed by atoms with Gasteiger partial charge in [0, 0.05) is 36.8 Å². The SMILES string of the molecule is O=C(C1CC(=O)N(c2cccc(Cl)c2)C1)N1CCCC1. The van der Waals surface area contributed by atoms with Gasteiger partial charge in [-0.05, 0) is 31.0 Å². The number of hydrogen-bond acceptors (Lipinski definition) is 2. The van der Waals surface area contributed by atoms with Crippen LogP contribution in [0.5, 0.6) is 0 Å². The van der Waals surface area contributed by atoms with Crippen LogP contribution >= 0.6 is 11.6 Å². The molecule has 1 aromatic carbocycles. The van der Waals surface area contributed by atoms with Gasteiger partial charge in [-0.2, -0.15) is 0 Å². The number of hydrogen-bond donors (Lipinski definition) is 0. The van der Waals surface area contributed by atoms with Gasteiger partial charge in [0.2, 0.25) is 11.8 Å². The lowest BCUT2D eigenvalue weighted by atomic mass is 10.1. The molecule has 20 heavy (non-hydrogen) atoms. The number of nitrogens with zero attached hydrogens (tertiary/aromatic N) is 2. The number of amides is 2. The van der Waals surface area contributed by atoms with Crippen LogP contribution in [0.2, 0.25) is 5.02 Å². The van der Waals surface area contributed by atoms with Crippen LogP contribution < -0.4 is 4.90 Å². The Bertz CT molecular complexity index is 540. The molecule has 0 aliphatic carbocycles. The first kappa shape index (κ1) is 13.4. The van der Waals surface area contributed by atoms with E-state index in [2.05, 4.69) is 0 Å². The minimum Gasteiger partial charge on any atom is -0.342 e. The molecule has 0 N–H and O–H groups in total. The van der Waals surface area contributed by atoms with E-state index < -0.39 is 0 Å². The fraction of sp³-hybridized carbons (Fsp3) is 0.467. The van der Waals surface area contributed by atoms with Crippen molar-refractivity contribution in [1.82, 2.24) is 4.90 Å². The highest BCUT2D eigenvalue weighted by atomic mass is 35.5. The summed E-state index contributed by atoms with van der Waals surface area (Å²) in [5.41, 5.74) is 0.777. The van der Waals surface area contributed by atoms with Gasteiger partial charge in [-0.3, -0.25) is 9.59 Å². The van der Waals surface area contributed by atoms with Crippen LogP contribution in [-0.2, 0) is 9.59 Å². The van der Waals surface area contributed by atoms with Crippen LogP contribution in [0.4, 0.5) is 5.69 Å². The Balaban J connectivity index is 1.73. The summed E-state index contributed by atoms with van der Waals surface area (Å²) in [4.78, 5) is 28.0. The Hall–Kier alpha value is -1.55. The smallest absolute Gasteiger partial charge is 0.228 e. The van der Waals surface area contributed by atoms with E-state index in [-0.39, 0.29) is 17.7 Å². The quantitative estimate of drug-likeness (QED) is 0.839. The lowest BCUT2D eigenvalue weighted by Crippen LogP contribution is -2.35. The Morgan fingerprint density at radius 1 is 1.25 bits per heavy atom. The molecular weight excluding hydrogens is 276 g/mol. The van der Waals surface area contributed by atoms with Crippen molar-refractivity contribution in [2.75, 3.05) is 24.5 Å². The molecule has 0 spiro atoms. The first-order chi connectivity index (χ1) is 9.65. The van der Waals surface area contributed by atoms with Crippen molar-refractivity contribution >= 4 is 29.1 Å². The lowest BCUT2D eigenvalue weighted by molar-refractivity contribution is -0.134. The summed E-state index contributed by atoms with van der Waals surface area (Å²) in [6, 6.07) is 7.22. The predicted molar refractivity (Wildman–Crippen MR) is 77.7 cm³/mol.